The van der Waals surface area contributed by atoms with Crippen LogP contribution in [0.2, 0.25) is 0 Å². The first-order valence-electron chi connectivity index (χ1n) is 5.87. The molecule has 1 N–H and O–H groups in total. The fraction of sp³-hybridized carbons (Fsp3) is 0.357. The van der Waals surface area contributed by atoms with Crippen molar-refractivity contribution >= 4 is 11.9 Å². The van der Waals surface area contributed by atoms with Gasteiger partial charge in [0.2, 0.25) is 0 Å². The summed E-state index contributed by atoms with van der Waals surface area (Å²) in [7, 11) is 0. The van der Waals surface area contributed by atoms with Crippen LogP contribution in [-0.2, 0) is 12.8 Å². The lowest BCUT2D eigenvalue weighted by molar-refractivity contribution is 0.0971. The lowest BCUT2D eigenvalue weighted by atomic mass is 9.92. The number of aromatic amines is 1. The third-order valence-corrected chi connectivity index (χ3v) is 3.40. The van der Waals surface area contributed by atoms with Gasteiger partial charge in [0.05, 0.1) is 0 Å². The van der Waals surface area contributed by atoms with Crippen molar-refractivity contribution < 1.29 is 4.79 Å². The Morgan fingerprint density at radius 1 is 1.31 bits per heavy atom. The molecule has 0 atom stereocenters. The van der Waals surface area contributed by atoms with E-state index in [0.29, 0.717) is 12.2 Å². The molecule has 0 aliphatic heterocycles. The number of carbonyl (C=O) groups excluding carboxylic acids is 1. The molecule has 0 spiro atoms. The summed E-state index contributed by atoms with van der Waals surface area (Å²) < 4.78 is 0. The summed E-state index contributed by atoms with van der Waals surface area (Å²) in [4.78, 5) is 15.4. The molecule has 0 aromatic carbocycles. The third kappa shape index (κ3) is 1.37. The van der Waals surface area contributed by atoms with Gasteiger partial charge in [-0.05, 0) is 43.4 Å². The van der Waals surface area contributed by atoms with Crippen molar-refractivity contribution in [2.45, 2.75) is 32.6 Å². The van der Waals surface area contributed by atoms with Crippen LogP contribution in [0.15, 0.2) is 17.7 Å². The number of aromatic nitrogens is 1. The minimum absolute atomic E-state index is 0.320. The molecule has 0 fully saturated rings. The highest BCUT2D eigenvalue weighted by molar-refractivity contribution is 6.00. The van der Waals surface area contributed by atoms with Crippen LogP contribution in [0.25, 0.3) is 6.08 Å². The van der Waals surface area contributed by atoms with Crippen molar-refractivity contribution in [3.8, 4) is 0 Å². The highest BCUT2D eigenvalue weighted by atomic mass is 16.1. The first-order chi connectivity index (χ1) is 7.75. The molecule has 2 heteroatoms. The number of rotatable bonds is 0. The van der Waals surface area contributed by atoms with Crippen molar-refractivity contribution in [2.75, 3.05) is 0 Å². The molecule has 0 saturated heterocycles. The van der Waals surface area contributed by atoms with Gasteiger partial charge in [-0.3, -0.25) is 4.79 Å². The number of carbonyl (C=O) groups is 1. The maximum absolute atomic E-state index is 11.9. The molecule has 1 heterocycles. The van der Waals surface area contributed by atoms with Gasteiger partial charge in [-0.1, -0.05) is 12.2 Å². The van der Waals surface area contributed by atoms with E-state index in [2.05, 4.69) is 30.1 Å². The Bertz CT molecular complexity index is 517. The summed E-state index contributed by atoms with van der Waals surface area (Å²) in [6, 6.07) is 0. The van der Waals surface area contributed by atoms with E-state index in [1.54, 1.807) is 0 Å². The molecular weight excluding hydrogens is 198 g/mol. The second-order valence-corrected chi connectivity index (χ2v) is 4.64. The maximum atomic E-state index is 11.9. The number of nitrogens with one attached hydrogen (secondary N) is 1. The van der Waals surface area contributed by atoms with E-state index in [-0.39, 0.29) is 0 Å². The summed E-state index contributed by atoms with van der Waals surface area (Å²) in [5, 5.41) is 0. The van der Waals surface area contributed by atoms with Crippen molar-refractivity contribution in [1.29, 1.82) is 0 Å². The molecule has 0 radical (unpaired) electrons. The molecule has 0 saturated carbocycles. The monoisotopic (exact) mass is 213 g/mol. The number of aryl methyl sites for hydroxylation is 1. The standard InChI is InChI=1S/C14H15NO/c1-9-4-2-5-10-12(8-9)15-11-6-3-7-13(16)14(10)11/h2,4,8,15H,3,5-7H2,1H3. The Morgan fingerprint density at radius 2 is 2.19 bits per heavy atom. The van der Waals surface area contributed by atoms with Crippen molar-refractivity contribution in [3.05, 3.63) is 40.2 Å². The van der Waals surface area contributed by atoms with Gasteiger partial charge in [0.1, 0.15) is 0 Å². The Morgan fingerprint density at radius 3 is 3.06 bits per heavy atom. The van der Waals surface area contributed by atoms with Crippen LogP contribution in [0, 0.1) is 0 Å². The molecular formula is C14H15NO. The molecule has 0 amide bonds. The zero-order valence-electron chi connectivity index (χ0n) is 9.47. The molecule has 82 valence electrons. The second kappa shape index (κ2) is 3.48. The van der Waals surface area contributed by atoms with Crippen LogP contribution in [0.4, 0.5) is 0 Å². The van der Waals surface area contributed by atoms with Crippen LogP contribution in [0.5, 0.6) is 0 Å². The van der Waals surface area contributed by atoms with Gasteiger partial charge in [0.15, 0.2) is 5.78 Å². The zero-order valence-corrected chi connectivity index (χ0v) is 9.47. The van der Waals surface area contributed by atoms with Crippen molar-refractivity contribution in [2.24, 2.45) is 0 Å². The van der Waals surface area contributed by atoms with Crippen molar-refractivity contribution in [1.82, 2.24) is 4.98 Å². The topological polar surface area (TPSA) is 32.9 Å². The van der Waals surface area contributed by atoms with E-state index < -0.39 is 0 Å². The highest BCUT2D eigenvalue weighted by Crippen LogP contribution is 2.30. The first kappa shape index (κ1) is 9.64. The molecule has 1 aromatic rings. The van der Waals surface area contributed by atoms with Gasteiger partial charge in [0.25, 0.3) is 0 Å². The number of hydrogen-bond donors (Lipinski definition) is 1. The third-order valence-electron chi connectivity index (χ3n) is 3.40. The van der Waals surface area contributed by atoms with Crippen LogP contribution in [-0.4, -0.2) is 10.8 Å². The van der Waals surface area contributed by atoms with Gasteiger partial charge in [-0.15, -0.1) is 0 Å². The number of Topliss-reactive ketones (excluding diaryl/α,β-unsaturated/α-hetero) is 1. The van der Waals surface area contributed by atoms with E-state index in [9.17, 15) is 4.79 Å². The average molecular weight is 213 g/mol. The van der Waals surface area contributed by atoms with E-state index in [1.165, 1.54) is 11.1 Å². The largest absolute Gasteiger partial charge is 0.358 e. The van der Waals surface area contributed by atoms with E-state index in [1.807, 2.05) is 0 Å². The quantitative estimate of drug-likeness (QED) is 0.706. The van der Waals surface area contributed by atoms with E-state index in [0.717, 1.165) is 36.2 Å². The van der Waals surface area contributed by atoms with E-state index in [4.69, 9.17) is 0 Å². The fourth-order valence-corrected chi connectivity index (χ4v) is 2.67. The molecule has 0 unspecified atom stereocenters. The molecule has 2 aliphatic carbocycles. The Labute approximate surface area is 95.1 Å². The van der Waals surface area contributed by atoms with Gasteiger partial charge in [-0.2, -0.15) is 0 Å². The van der Waals surface area contributed by atoms with Gasteiger partial charge >= 0.3 is 0 Å². The number of fused-ring (bicyclic) bond motifs is 3. The lowest BCUT2D eigenvalue weighted by Gasteiger charge is -2.10. The molecule has 0 bridgehead atoms. The fourth-order valence-electron chi connectivity index (χ4n) is 2.67. The molecule has 2 aliphatic rings. The summed E-state index contributed by atoms with van der Waals surface area (Å²) in [5.74, 6) is 0.320. The zero-order chi connectivity index (χ0) is 11.1. The summed E-state index contributed by atoms with van der Waals surface area (Å²) >= 11 is 0. The van der Waals surface area contributed by atoms with Crippen LogP contribution >= 0.6 is 0 Å². The minimum Gasteiger partial charge on any atom is -0.358 e. The summed E-state index contributed by atoms with van der Waals surface area (Å²) in [5.41, 5.74) is 5.72. The Balaban J connectivity index is 2.21. The highest BCUT2D eigenvalue weighted by Gasteiger charge is 2.24. The number of hydrogen-bond acceptors (Lipinski definition) is 1. The summed E-state index contributed by atoms with van der Waals surface area (Å²) in [6.45, 7) is 2.09. The number of H-pyrrole nitrogens is 1. The van der Waals surface area contributed by atoms with Crippen LogP contribution in [0.1, 0.15) is 47.1 Å². The Kier molecular flexibility index (Phi) is 2.10. The van der Waals surface area contributed by atoms with Gasteiger partial charge in [0, 0.05) is 23.4 Å². The lowest BCUT2D eigenvalue weighted by Crippen LogP contribution is -2.10. The smallest absolute Gasteiger partial charge is 0.165 e. The average Bonchev–Trinajstić information content (AvgIpc) is 2.48. The molecule has 1 aromatic heterocycles. The maximum Gasteiger partial charge on any atom is 0.165 e. The molecule has 16 heavy (non-hydrogen) atoms. The second-order valence-electron chi connectivity index (χ2n) is 4.64. The predicted octanol–water partition coefficient (Wildman–Crippen LogP) is 3.05. The minimum atomic E-state index is 0.320. The predicted molar refractivity (Wildman–Crippen MR) is 64.6 cm³/mol. The number of allylic oxidation sites excluding steroid dienone is 3. The SMILES string of the molecule is CC1=Cc2[nH]c3c(c2CC=C1)C(=O)CCC3. The normalized spacial score (nSPS) is 18.8. The van der Waals surface area contributed by atoms with Gasteiger partial charge < -0.3 is 4.98 Å². The Hall–Kier alpha value is -1.57. The van der Waals surface area contributed by atoms with Crippen molar-refractivity contribution in [3.63, 3.8) is 0 Å². The van der Waals surface area contributed by atoms with Crippen LogP contribution in [0.3, 0.4) is 0 Å². The van der Waals surface area contributed by atoms with Gasteiger partial charge in [-0.25, -0.2) is 0 Å². The molecule has 2 nitrogen and oxygen atoms in total. The van der Waals surface area contributed by atoms with E-state index >= 15 is 0 Å². The first-order valence-corrected chi connectivity index (χ1v) is 5.87. The van der Waals surface area contributed by atoms with Crippen LogP contribution < -0.4 is 0 Å². The molecule has 3 rings (SSSR count). The summed E-state index contributed by atoms with van der Waals surface area (Å²) in [6.07, 6.45) is 10.0. The number of ketones is 1.